The summed E-state index contributed by atoms with van der Waals surface area (Å²) in [6, 6.07) is 4.06. The molecule has 6 heteroatoms. The molecule has 0 unspecified atom stereocenters. The van der Waals surface area contributed by atoms with Crippen LogP contribution >= 0.6 is 27.5 Å². The summed E-state index contributed by atoms with van der Waals surface area (Å²) in [5, 5.41) is 0.462. The highest BCUT2D eigenvalue weighted by Crippen LogP contribution is 2.24. The minimum atomic E-state index is -4.68. The largest absolute Gasteiger partial charge is 0.332 e. The van der Waals surface area contributed by atoms with Crippen molar-refractivity contribution >= 4 is 37.8 Å². The number of halogens is 3. The van der Waals surface area contributed by atoms with E-state index in [1.165, 1.54) is 12.1 Å². The predicted octanol–water partition coefficient (Wildman–Crippen LogP) is 2.89. The van der Waals surface area contributed by atoms with Gasteiger partial charge in [0, 0.05) is 10.4 Å². The van der Waals surface area contributed by atoms with Crippen LogP contribution in [0.1, 0.15) is 5.56 Å². The van der Waals surface area contributed by atoms with E-state index in [-0.39, 0.29) is 15.2 Å². The highest BCUT2D eigenvalue weighted by molar-refractivity contribution is 9.08. The van der Waals surface area contributed by atoms with Crippen molar-refractivity contribution in [3.05, 3.63) is 28.8 Å². The molecule has 0 amide bonds. The first-order valence-electron chi connectivity index (χ1n) is 3.24. The molecule has 0 aliphatic rings. The minimum absolute atomic E-state index is 0.195. The van der Waals surface area contributed by atoms with E-state index in [4.69, 9.17) is 11.6 Å². The molecule has 0 atom stereocenters. The van der Waals surface area contributed by atoms with Crippen molar-refractivity contribution in [2.24, 2.45) is 0 Å². The molecule has 2 nitrogen and oxygen atoms in total. The molecule has 72 valence electrons. The molecule has 1 aromatic carbocycles. The first-order valence-corrected chi connectivity index (χ1v) is 6.12. The fourth-order valence-electron chi connectivity index (χ4n) is 0.866. The van der Waals surface area contributed by atoms with Crippen LogP contribution in [0.4, 0.5) is 3.89 Å². The molecule has 0 saturated heterocycles. The Morgan fingerprint density at radius 2 is 2.08 bits per heavy atom. The lowest BCUT2D eigenvalue weighted by molar-refractivity contribution is 0.551. The highest BCUT2D eigenvalue weighted by atomic mass is 79.9. The molecular weight excluding hydrogens is 282 g/mol. The molecule has 0 aliphatic heterocycles. The third-order valence-corrected chi connectivity index (χ3v) is 3.18. The third-order valence-electron chi connectivity index (χ3n) is 1.44. The number of benzene rings is 1. The number of rotatable bonds is 2. The van der Waals surface area contributed by atoms with Gasteiger partial charge in [0.25, 0.3) is 0 Å². The summed E-state index contributed by atoms with van der Waals surface area (Å²) in [5.41, 5.74) is 0.354. The van der Waals surface area contributed by atoms with Crippen LogP contribution < -0.4 is 0 Å². The van der Waals surface area contributed by atoms with E-state index in [0.29, 0.717) is 5.56 Å². The molecule has 0 spiro atoms. The summed E-state index contributed by atoms with van der Waals surface area (Å²) in [6.45, 7) is 0. The molecule has 0 aromatic heterocycles. The van der Waals surface area contributed by atoms with Gasteiger partial charge < -0.3 is 0 Å². The monoisotopic (exact) mass is 286 g/mol. The highest BCUT2D eigenvalue weighted by Gasteiger charge is 2.16. The van der Waals surface area contributed by atoms with Crippen molar-refractivity contribution in [2.45, 2.75) is 10.2 Å². The molecule has 0 radical (unpaired) electrons. The van der Waals surface area contributed by atoms with Gasteiger partial charge in [0.2, 0.25) is 0 Å². The van der Waals surface area contributed by atoms with Gasteiger partial charge in [-0.25, -0.2) is 0 Å². The zero-order chi connectivity index (χ0) is 10.1. The van der Waals surface area contributed by atoms with Crippen molar-refractivity contribution < 1.29 is 12.3 Å². The molecule has 13 heavy (non-hydrogen) atoms. The van der Waals surface area contributed by atoms with Crippen molar-refractivity contribution in [3.63, 3.8) is 0 Å². The second-order valence-electron chi connectivity index (χ2n) is 2.32. The predicted molar refractivity (Wildman–Crippen MR) is 52.4 cm³/mol. The van der Waals surface area contributed by atoms with Crippen LogP contribution in [0.3, 0.4) is 0 Å². The third kappa shape index (κ3) is 2.65. The number of hydrogen-bond acceptors (Lipinski definition) is 2. The Kier molecular flexibility index (Phi) is 3.32. The standard InChI is InChI=1S/C7H5BrClFO2S/c8-4-5-1-2-6(9)3-7(5)13(10,11)12/h1-3H,4H2. The van der Waals surface area contributed by atoms with Crippen LogP contribution in [-0.2, 0) is 15.6 Å². The van der Waals surface area contributed by atoms with Crippen molar-refractivity contribution in [3.8, 4) is 0 Å². The molecule has 0 N–H and O–H groups in total. The summed E-state index contributed by atoms with van der Waals surface area (Å²) in [7, 11) is -4.68. The lowest BCUT2D eigenvalue weighted by Gasteiger charge is -2.02. The average Bonchev–Trinajstić information content (AvgIpc) is 2.03. The van der Waals surface area contributed by atoms with Gasteiger partial charge in [-0.2, -0.15) is 8.42 Å². The molecule has 0 heterocycles. The quantitative estimate of drug-likeness (QED) is 0.619. The second-order valence-corrected chi connectivity index (χ2v) is 4.64. The van der Waals surface area contributed by atoms with E-state index >= 15 is 0 Å². The molecule has 1 rings (SSSR count). The summed E-state index contributed by atoms with van der Waals surface area (Å²) >= 11 is 8.58. The Balaban J connectivity index is 3.41. The Bertz CT molecular complexity index is 419. The van der Waals surface area contributed by atoms with Gasteiger partial charge in [-0.3, -0.25) is 0 Å². The van der Waals surface area contributed by atoms with Crippen molar-refractivity contribution in [1.82, 2.24) is 0 Å². The summed E-state index contributed by atoms with van der Waals surface area (Å²) in [4.78, 5) is -0.378. The van der Waals surface area contributed by atoms with E-state index in [2.05, 4.69) is 15.9 Å². The fraction of sp³-hybridized carbons (Fsp3) is 0.143. The first kappa shape index (κ1) is 10.9. The van der Waals surface area contributed by atoms with Crippen molar-refractivity contribution in [1.29, 1.82) is 0 Å². The van der Waals surface area contributed by atoms with Gasteiger partial charge in [-0.1, -0.05) is 33.6 Å². The minimum Gasteiger partial charge on any atom is -0.189 e. The molecular formula is C7H5BrClFO2S. The average molecular weight is 288 g/mol. The molecule has 0 aliphatic carbocycles. The Morgan fingerprint density at radius 1 is 1.46 bits per heavy atom. The van der Waals surface area contributed by atoms with Gasteiger partial charge in [0.15, 0.2) is 0 Å². The van der Waals surface area contributed by atoms with E-state index in [1.54, 1.807) is 0 Å². The maximum atomic E-state index is 12.6. The maximum absolute atomic E-state index is 12.6. The zero-order valence-corrected chi connectivity index (χ0v) is 9.46. The number of hydrogen-bond donors (Lipinski definition) is 0. The lowest BCUT2D eigenvalue weighted by Crippen LogP contribution is -1.96. The van der Waals surface area contributed by atoms with E-state index in [9.17, 15) is 12.3 Å². The SMILES string of the molecule is O=S(=O)(F)c1cc(Cl)ccc1CBr. The zero-order valence-electron chi connectivity index (χ0n) is 6.30. The van der Waals surface area contributed by atoms with E-state index in [1.807, 2.05) is 0 Å². The van der Waals surface area contributed by atoms with Crippen LogP contribution in [-0.4, -0.2) is 8.42 Å². The molecule has 0 saturated carbocycles. The van der Waals surface area contributed by atoms with Crippen LogP contribution in [0.2, 0.25) is 5.02 Å². The Labute approximate surface area is 89.1 Å². The summed E-state index contributed by atoms with van der Waals surface area (Å²) in [6.07, 6.45) is 0. The van der Waals surface area contributed by atoms with Crippen LogP contribution in [0.5, 0.6) is 0 Å². The topological polar surface area (TPSA) is 34.1 Å². The van der Waals surface area contributed by atoms with Crippen LogP contribution in [0.15, 0.2) is 23.1 Å². The summed E-state index contributed by atoms with van der Waals surface area (Å²) < 4.78 is 33.9. The van der Waals surface area contributed by atoms with Gasteiger partial charge in [-0.05, 0) is 17.7 Å². The lowest BCUT2D eigenvalue weighted by atomic mass is 10.2. The second kappa shape index (κ2) is 3.94. The fourth-order valence-corrected chi connectivity index (χ4v) is 2.50. The molecule has 1 aromatic rings. The Morgan fingerprint density at radius 3 is 2.54 bits per heavy atom. The van der Waals surface area contributed by atoms with Crippen LogP contribution in [0.25, 0.3) is 0 Å². The van der Waals surface area contributed by atoms with Gasteiger partial charge in [0.05, 0.1) is 0 Å². The van der Waals surface area contributed by atoms with Crippen molar-refractivity contribution in [2.75, 3.05) is 0 Å². The maximum Gasteiger partial charge on any atom is 0.332 e. The number of alkyl halides is 1. The van der Waals surface area contributed by atoms with E-state index in [0.717, 1.165) is 6.07 Å². The first-order chi connectivity index (χ1) is 5.95. The Hall–Kier alpha value is -0.130. The van der Waals surface area contributed by atoms with Gasteiger partial charge in [-0.15, -0.1) is 3.89 Å². The van der Waals surface area contributed by atoms with E-state index < -0.39 is 10.2 Å². The molecule has 0 fully saturated rings. The smallest absolute Gasteiger partial charge is 0.189 e. The van der Waals surface area contributed by atoms with Crippen LogP contribution in [0, 0.1) is 0 Å². The molecule has 0 bridgehead atoms. The van der Waals surface area contributed by atoms with Gasteiger partial charge in [0.1, 0.15) is 4.90 Å². The van der Waals surface area contributed by atoms with Gasteiger partial charge >= 0.3 is 10.2 Å². The normalized spacial score (nSPS) is 11.6. The summed E-state index contributed by atoms with van der Waals surface area (Å²) in [5.74, 6) is 0.